The quantitative estimate of drug-likeness (QED) is 0.292. The number of benzene rings is 2. The van der Waals surface area contributed by atoms with Crippen LogP contribution in [0.15, 0.2) is 53.9 Å². The van der Waals surface area contributed by atoms with Gasteiger partial charge in [-0.25, -0.2) is 8.42 Å². The number of rotatable bonds is 11. The summed E-state index contributed by atoms with van der Waals surface area (Å²) in [5.74, 6) is -0.495. The van der Waals surface area contributed by atoms with E-state index in [1.807, 2.05) is 32.0 Å². The van der Waals surface area contributed by atoms with Gasteiger partial charge in [0.15, 0.2) is 9.84 Å². The zero-order chi connectivity index (χ0) is 28.9. The predicted octanol–water partition coefficient (Wildman–Crippen LogP) is 4.78. The van der Waals surface area contributed by atoms with Crippen molar-refractivity contribution < 1.29 is 18.0 Å². The number of carbonyl (C=O) groups is 2. The smallest absolute Gasteiger partial charge is 0.256 e. The monoisotopic (exact) mass is 560 g/mol. The maximum atomic E-state index is 13.0. The second-order valence-corrected chi connectivity index (χ2v) is 11.7. The Morgan fingerprint density at radius 3 is 2.48 bits per heavy atom. The van der Waals surface area contributed by atoms with E-state index in [2.05, 4.69) is 34.4 Å². The molecule has 2 amide bonds. The van der Waals surface area contributed by atoms with Crippen LogP contribution >= 0.6 is 0 Å². The van der Waals surface area contributed by atoms with Gasteiger partial charge in [0.25, 0.3) is 11.8 Å². The summed E-state index contributed by atoms with van der Waals surface area (Å²) in [6.45, 7) is 11.1. The van der Waals surface area contributed by atoms with Crippen LogP contribution in [0.5, 0.6) is 0 Å². The summed E-state index contributed by atoms with van der Waals surface area (Å²) in [6.07, 6.45) is 3.29. The molecule has 40 heavy (non-hydrogen) atoms. The Morgan fingerprint density at radius 1 is 1.05 bits per heavy atom. The first-order chi connectivity index (χ1) is 19.1. The van der Waals surface area contributed by atoms with Crippen molar-refractivity contribution in [1.82, 2.24) is 15.2 Å². The molecule has 0 spiro atoms. The number of fused-ring (bicyclic) bond motifs is 1. The highest BCUT2D eigenvalue weighted by Gasteiger charge is 2.26. The number of nitrogens with zero attached hydrogens (tertiary/aromatic N) is 1. The molecule has 1 aliphatic heterocycles. The number of sulfone groups is 1. The molecule has 2 heterocycles. The summed E-state index contributed by atoms with van der Waals surface area (Å²) in [6, 6.07) is 14.3. The maximum Gasteiger partial charge on any atom is 0.256 e. The Kier molecular flexibility index (Phi) is 9.07. The van der Waals surface area contributed by atoms with Crippen molar-refractivity contribution in [3.05, 3.63) is 93.1 Å². The molecule has 2 aromatic carbocycles. The van der Waals surface area contributed by atoms with E-state index in [1.165, 1.54) is 5.41 Å². The first-order valence-corrected chi connectivity index (χ1v) is 15.1. The van der Waals surface area contributed by atoms with E-state index in [1.54, 1.807) is 42.5 Å². The van der Waals surface area contributed by atoms with Crippen molar-refractivity contribution in [2.24, 2.45) is 0 Å². The maximum absolute atomic E-state index is 13.0. The van der Waals surface area contributed by atoms with E-state index < -0.39 is 9.84 Å². The molecule has 1 aliphatic rings. The third kappa shape index (κ3) is 6.78. The largest absolute Gasteiger partial charge is 0.358 e. The van der Waals surface area contributed by atoms with E-state index in [-0.39, 0.29) is 17.6 Å². The summed E-state index contributed by atoms with van der Waals surface area (Å²) < 4.78 is 25.2. The van der Waals surface area contributed by atoms with Gasteiger partial charge in [-0.15, -0.1) is 0 Å². The molecule has 9 heteroatoms. The molecule has 3 aromatic rings. The second kappa shape index (κ2) is 12.5. The number of aromatic amines is 1. The summed E-state index contributed by atoms with van der Waals surface area (Å²) in [5.41, 5.74) is 5.87. The van der Waals surface area contributed by atoms with Crippen molar-refractivity contribution in [1.29, 1.82) is 0 Å². The van der Waals surface area contributed by atoms with Gasteiger partial charge in [-0.2, -0.15) is 0 Å². The molecule has 0 fully saturated rings. The van der Waals surface area contributed by atoms with Gasteiger partial charge in [-0.1, -0.05) is 50.2 Å². The fourth-order valence-corrected chi connectivity index (χ4v) is 5.97. The third-order valence-electron chi connectivity index (χ3n) is 7.11. The third-order valence-corrected chi connectivity index (χ3v) is 8.39. The van der Waals surface area contributed by atoms with Crippen LogP contribution in [0.3, 0.4) is 0 Å². The second-order valence-electron chi connectivity index (χ2n) is 9.86. The van der Waals surface area contributed by atoms with Gasteiger partial charge >= 0.3 is 0 Å². The van der Waals surface area contributed by atoms with Crippen molar-refractivity contribution in [2.45, 2.75) is 33.4 Å². The number of amides is 2. The van der Waals surface area contributed by atoms with Crippen LogP contribution in [0.4, 0.5) is 5.69 Å². The number of nitrogens with one attached hydrogen (secondary N) is 3. The Labute approximate surface area is 236 Å². The minimum absolute atomic E-state index is 0.0860. The zero-order valence-electron chi connectivity index (χ0n) is 23.4. The number of hydrogen-bond donors (Lipinski definition) is 3. The van der Waals surface area contributed by atoms with Gasteiger partial charge < -0.3 is 20.5 Å². The first-order valence-electron chi connectivity index (χ1n) is 13.4. The molecule has 210 valence electrons. The highest BCUT2D eigenvalue weighted by atomic mass is 32.2. The molecular weight excluding hydrogens is 524 g/mol. The first kappa shape index (κ1) is 29.0. The Balaban J connectivity index is 1.55. The van der Waals surface area contributed by atoms with Gasteiger partial charge in [0.2, 0.25) is 0 Å². The molecular formula is C31H36N4O4S. The lowest BCUT2D eigenvalue weighted by molar-refractivity contribution is -0.110. The molecule has 4 rings (SSSR count). The highest BCUT2D eigenvalue weighted by Crippen LogP contribution is 2.35. The average molecular weight is 561 g/mol. The average Bonchev–Trinajstić information content (AvgIpc) is 3.39. The molecule has 0 bridgehead atoms. The van der Waals surface area contributed by atoms with Crippen LogP contribution in [-0.4, -0.2) is 56.3 Å². The zero-order valence-corrected chi connectivity index (χ0v) is 24.2. The van der Waals surface area contributed by atoms with Crippen LogP contribution < -0.4 is 10.6 Å². The normalized spacial score (nSPS) is 14.2. The van der Waals surface area contributed by atoms with Gasteiger partial charge in [0, 0.05) is 41.1 Å². The summed E-state index contributed by atoms with van der Waals surface area (Å²) >= 11 is 0. The minimum Gasteiger partial charge on any atom is -0.358 e. The Morgan fingerprint density at radius 2 is 1.77 bits per heavy atom. The lowest BCUT2D eigenvalue weighted by Crippen LogP contribution is -2.35. The molecule has 8 nitrogen and oxygen atoms in total. The SMILES string of the molecule is CCN(CC)CCNC(=O)c1c(C)[nH]c(/C=C2\C(=O)Nc3ccc(/C=C/S(=O)(=O)Cc4ccccc4)cc32)c1C. The number of hydrogen-bond acceptors (Lipinski definition) is 5. The highest BCUT2D eigenvalue weighted by molar-refractivity contribution is 7.93. The number of H-pyrrole nitrogens is 1. The molecule has 3 N–H and O–H groups in total. The molecule has 0 radical (unpaired) electrons. The van der Waals surface area contributed by atoms with E-state index in [0.717, 1.165) is 36.5 Å². The van der Waals surface area contributed by atoms with Gasteiger partial charge in [0.05, 0.1) is 16.9 Å². The van der Waals surface area contributed by atoms with E-state index in [4.69, 9.17) is 0 Å². The van der Waals surface area contributed by atoms with E-state index in [9.17, 15) is 18.0 Å². The fraction of sp³-hybridized carbons (Fsp3) is 0.290. The summed E-state index contributed by atoms with van der Waals surface area (Å²) in [4.78, 5) is 31.3. The number of anilines is 1. The molecule has 1 aromatic heterocycles. The molecule has 0 atom stereocenters. The number of likely N-dealkylation sites (N-methyl/N-ethyl adjacent to an activating group) is 1. The number of aryl methyl sites for hydroxylation is 1. The lowest BCUT2D eigenvalue weighted by atomic mass is 10.0. The lowest BCUT2D eigenvalue weighted by Gasteiger charge is -2.18. The van der Waals surface area contributed by atoms with E-state index >= 15 is 0 Å². The Hall–Kier alpha value is -3.95. The number of aromatic nitrogens is 1. The van der Waals surface area contributed by atoms with Crippen LogP contribution in [0.25, 0.3) is 17.7 Å². The van der Waals surface area contributed by atoms with Crippen LogP contribution in [-0.2, 0) is 20.4 Å². The minimum atomic E-state index is -3.47. The van der Waals surface area contributed by atoms with Crippen molar-refractivity contribution in [3.8, 4) is 0 Å². The standard InChI is InChI=1S/C31H36N4O4S/c1-5-35(6-2)16-15-32-31(37)29-21(3)28(33-22(29)4)19-26-25-18-23(12-13-27(25)34-30(26)36)14-17-40(38,39)20-24-10-8-7-9-11-24/h7-14,17-19,33H,5-6,15-16,20H2,1-4H3,(H,32,37)(H,34,36)/b17-14+,26-19-. The Bertz CT molecular complexity index is 1570. The predicted molar refractivity (Wildman–Crippen MR) is 161 cm³/mol. The summed E-state index contributed by atoms with van der Waals surface area (Å²) in [7, 11) is -3.47. The van der Waals surface area contributed by atoms with Crippen LogP contribution in [0.2, 0.25) is 0 Å². The molecule has 0 unspecified atom stereocenters. The molecule has 0 saturated heterocycles. The summed E-state index contributed by atoms with van der Waals surface area (Å²) in [5, 5.41) is 7.08. The van der Waals surface area contributed by atoms with E-state index in [0.29, 0.717) is 40.2 Å². The molecule has 0 saturated carbocycles. The van der Waals surface area contributed by atoms with Gasteiger partial charge in [-0.3, -0.25) is 9.59 Å². The fourth-order valence-electron chi connectivity index (χ4n) is 4.85. The van der Waals surface area contributed by atoms with Crippen molar-refractivity contribution in [2.75, 3.05) is 31.5 Å². The topological polar surface area (TPSA) is 111 Å². The van der Waals surface area contributed by atoms with Crippen molar-refractivity contribution >= 4 is 45.1 Å². The number of carbonyl (C=O) groups excluding carboxylic acids is 2. The van der Waals surface area contributed by atoms with Gasteiger partial charge in [-0.05, 0) is 67.9 Å². The molecule has 0 aliphatic carbocycles. The van der Waals surface area contributed by atoms with Crippen LogP contribution in [0, 0.1) is 13.8 Å². The van der Waals surface area contributed by atoms with Gasteiger partial charge in [0.1, 0.15) is 0 Å². The van der Waals surface area contributed by atoms with Crippen molar-refractivity contribution in [3.63, 3.8) is 0 Å². The van der Waals surface area contributed by atoms with Crippen LogP contribution in [0.1, 0.15) is 57.8 Å².